The average molecular weight is 246 g/mol. The molecule has 0 unspecified atom stereocenters. The number of nitrogens with two attached hydrogens (primary N) is 1. The number of nitrogens with zero attached hydrogens (tertiary/aromatic N) is 4. The lowest BCUT2D eigenvalue weighted by Crippen LogP contribution is -2.37. The Balaban J connectivity index is 1.83. The summed E-state index contributed by atoms with van der Waals surface area (Å²) in [4.78, 5) is 11.0. The number of aromatic nitrogens is 3. The Morgan fingerprint density at radius 2 is 2.17 bits per heavy atom. The predicted octanol–water partition coefficient (Wildman–Crippen LogP) is 0.818. The zero-order chi connectivity index (χ0) is 12.5. The number of hydrogen-bond donors (Lipinski definition) is 2. The molecule has 6 nitrogen and oxygen atoms in total. The van der Waals surface area contributed by atoms with Crippen molar-refractivity contribution in [1.82, 2.24) is 19.3 Å². The number of fused-ring (bicyclic) bond motifs is 1. The van der Waals surface area contributed by atoms with E-state index in [4.69, 9.17) is 5.73 Å². The molecule has 2 aromatic heterocycles. The number of piperidine rings is 1. The molecule has 3 N–H and O–H groups in total. The third kappa shape index (κ3) is 2.11. The largest absolute Gasteiger partial charge is 0.382 e. The van der Waals surface area contributed by atoms with E-state index in [1.54, 1.807) is 12.4 Å². The van der Waals surface area contributed by atoms with Gasteiger partial charge in [-0.05, 0) is 33.0 Å². The highest BCUT2D eigenvalue weighted by atomic mass is 15.2. The van der Waals surface area contributed by atoms with Crippen LogP contribution in [0.15, 0.2) is 18.6 Å². The lowest BCUT2D eigenvalue weighted by atomic mass is 10.1. The number of nitrogen functional groups attached to an aromatic ring is 1. The normalized spacial score (nSPS) is 18.3. The first-order valence-corrected chi connectivity index (χ1v) is 6.26. The van der Waals surface area contributed by atoms with Crippen LogP contribution in [0.4, 0.5) is 11.6 Å². The molecule has 3 rings (SSSR count). The van der Waals surface area contributed by atoms with Gasteiger partial charge in [-0.3, -0.25) is 0 Å². The molecule has 1 fully saturated rings. The first-order chi connectivity index (χ1) is 8.72. The van der Waals surface area contributed by atoms with Crippen molar-refractivity contribution >= 4 is 17.3 Å². The molecule has 0 saturated carbocycles. The maximum absolute atomic E-state index is 5.80. The van der Waals surface area contributed by atoms with Crippen LogP contribution in [0.3, 0.4) is 0 Å². The van der Waals surface area contributed by atoms with Crippen LogP contribution >= 0.6 is 0 Å². The Hall–Kier alpha value is -1.82. The van der Waals surface area contributed by atoms with E-state index in [1.807, 2.05) is 10.6 Å². The maximum atomic E-state index is 5.80. The summed E-state index contributed by atoms with van der Waals surface area (Å²) in [5.74, 6) is 1.30. The van der Waals surface area contributed by atoms with E-state index in [-0.39, 0.29) is 0 Å². The topological polar surface area (TPSA) is 71.5 Å². The molecule has 0 atom stereocenters. The molecule has 96 valence electrons. The van der Waals surface area contributed by atoms with Gasteiger partial charge < -0.3 is 20.4 Å². The maximum Gasteiger partial charge on any atom is 0.180 e. The fourth-order valence-electron chi connectivity index (χ4n) is 2.39. The predicted molar refractivity (Wildman–Crippen MR) is 71.5 cm³/mol. The zero-order valence-corrected chi connectivity index (χ0v) is 10.5. The average Bonchev–Trinajstić information content (AvgIpc) is 2.80. The molecule has 6 heteroatoms. The van der Waals surface area contributed by atoms with Gasteiger partial charge in [0.05, 0.1) is 6.20 Å². The van der Waals surface area contributed by atoms with E-state index in [0.717, 1.165) is 37.4 Å². The molecule has 1 aliphatic heterocycles. The van der Waals surface area contributed by atoms with E-state index >= 15 is 0 Å². The molecule has 0 aliphatic carbocycles. The summed E-state index contributed by atoms with van der Waals surface area (Å²) in [5, 5.41) is 3.47. The molecule has 0 radical (unpaired) electrons. The summed E-state index contributed by atoms with van der Waals surface area (Å²) in [7, 11) is 2.15. The minimum Gasteiger partial charge on any atom is -0.382 e. The van der Waals surface area contributed by atoms with E-state index in [0.29, 0.717) is 11.9 Å². The first-order valence-electron chi connectivity index (χ1n) is 6.26. The number of rotatable bonds is 2. The molecule has 0 bridgehead atoms. The van der Waals surface area contributed by atoms with E-state index in [2.05, 4.69) is 27.2 Å². The number of anilines is 2. The molecule has 0 amide bonds. The molecule has 3 heterocycles. The molecule has 2 aromatic rings. The monoisotopic (exact) mass is 246 g/mol. The Bertz CT molecular complexity index is 540. The van der Waals surface area contributed by atoms with Gasteiger partial charge in [0.2, 0.25) is 0 Å². The first kappa shape index (κ1) is 11.3. The van der Waals surface area contributed by atoms with Crippen molar-refractivity contribution in [2.75, 3.05) is 31.2 Å². The third-order valence-corrected chi connectivity index (χ3v) is 3.45. The van der Waals surface area contributed by atoms with Gasteiger partial charge in [0.1, 0.15) is 5.82 Å². The fraction of sp³-hybridized carbons (Fsp3) is 0.500. The highest BCUT2D eigenvalue weighted by Crippen LogP contribution is 2.19. The van der Waals surface area contributed by atoms with Gasteiger partial charge in [-0.1, -0.05) is 0 Å². The summed E-state index contributed by atoms with van der Waals surface area (Å²) in [6.07, 6.45) is 7.67. The van der Waals surface area contributed by atoms with Gasteiger partial charge in [0.15, 0.2) is 11.5 Å². The molecule has 18 heavy (non-hydrogen) atoms. The van der Waals surface area contributed by atoms with Gasteiger partial charge in [0, 0.05) is 18.4 Å². The van der Waals surface area contributed by atoms with Crippen LogP contribution in [-0.2, 0) is 0 Å². The zero-order valence-electron chi connectivity index (χ0n) is 10.5. The van der Waals surface area contributed by atoms with Crippen LogP contribution in [-0.4, -0.2) is 45.4 Å². The third-order valence-electron chi connectivity index (χ3n) is 3.45. The van der Waals surface area contributed by atoms with Crippen LogP contribution in [0.5, 0.6) is 0 Å². The summed E-state index contributed by atoms with van der Waals surface area (Å²) in [6.45, 7) is 2.23. The summed E-state index contributed by atoms with van der Waals surface area (Å²) >= 11 is 0. The van der Waals surface area contributed by atoms with Crippen molar-refractivity contribution in [3.63, 3.8) is 0 Å². The van der Waals surface area contributed by atoms with Crippen molar-refractivity contribution in [2.45, 2.75) is 18.9 Å². The standard InChI is InChI=1S/C12H18N6/c1-17-5-2-9(3-6-17)15-11-12-14-4-7-18(12)8-10(13)16-11/h4,7-9H,2-3,5-6,13H2,1H3,(H,15,16). The summed E-state index contributed by atoms with van der Waals surface area (Å²) in [5.41, 5.74) is 6.64. The summed E-state index contributed by atoms with van der Waals surface area (Å²) in [6, 6.07) is 0.455. The fourth-order valence-corrected chi connectivity index (χ4v) is 2.39. The van der Waals surface area contributed by atoms with Crippen molar-refractivity contribution in [3.8, 4) is 0 Å². The smallest absolute Gasteiger partial charge is 0.180 e. The molecular weight excluding hydrogens is 228 g/mol. The van der Waals surface area contributed by atoms with Gasteiger partial charge in [-0.25, -0.2) is 9.97 Å². The van der Waals surface area contributed by atoms with Crippen LogP contribution in [0.2, 0.25) is 0 Å². The minimum atomic E-state index is 0.455. The number of nitrogens with one attached hydrogen (secondary N) is 1. The van der Waals surface area contributed by atoms with Crippen LogP contribution in [0.1, 0.15) is 12.8 Å². The van der Waals surface area contributed by atoms with Crippen molar-refractivity contribution in [2.24, 2.45) is 0 Å². The summed E-state index contributed by atoms with van der Waals surface area (Å²) < 4.78 is 1.90. The lowest BCUT2D eigenvalue weighted by Gasteiger charge is -2.29. The SMILES string of the molecule is CN1CCC(Nc2nc(N)cn3ccnc23)CC1. The van der Waals surface area contributed by atoms with E-state index < -0.39 is 0 Å². The second kappa shape index (κ2) is 4.45. The number of hydrogen-bond acceptors (Lipinski definition) is 5. The Labute approximate surface area is 106 Å². The highest BCUT2D eigenvalue weighted by molar-refractivity contribution is 5.65. The van der Waals surface area contributed by atoms with Crippen LogP contribution in [0, 0.1) is 0 Å². The Morgan fingerprint density at radius 3 is 2.94 bits per heavy atom. The highest BCUT2D eigenvalue weighted by Gasteiger charge is 2.18. The van der Waals surface area contributed by atoms with Crippen molar-refractivity contribution < 1.29 is 0 Å². The molecule has 0 spiro atoms. The van der Waals surface area contributed by atoms with E-state index in [9.17, 15) is 0 Å². The molecule has 1 aliphatic rings. The second-order valence-electron chi connectivity index (χ2n) is 4.89. The minimum absolute atomic E-state index is 0.455. The van der Waals surface area contributed by atoms with E-state index in [1.165, 1.54) is 0 Å². The van der Waals surface area contributed by atoms with Crippen LogP contribution in [0.25, 0.3) is 5.65 Å². The van der Waals surface area contributed by atoms with Gasteiger partial charge in [-0.2, -0.15) is 0 Å². The van der Waals surface area contributed by atoms with Gasteiger partial charge in [-0.15, -0.1) is 0 Å². The second-order valence-corrected chi connectivity index (χ2v) is 4.89. The Kier molecular flexibility index (Phi) is 2.79. The van der Waals surface area contributed by atoms with Gasteiger partial charge >= 0.3 is 0 Å². The molecule has 1 saturated heterocycles. The molecule has 0 aromatic carbocycles. The van der Waals surface area contributed by atoms with Crippen molar-refractivity contribution in [3.05, 3.63) is 18.6 Å². The Morgan fingerprint density at radius 1 is 1.39 bits per heavy atom. The quantitative estimate of drug-likeness (QED) is 0.820. The number of likely N-dealkylation sites (tertiary alicyclic amines) is 1. The van der Waals surface area contributed by atoms with Crippen molar-refractivity contribution in [1.29, 1.82) is 0 Å². The lowest BCUT2D eigenvalue weighted by molar-refractivity contribution is 0.263. The molecular formula is C12H18N6. The number of imidazole rings is 1. The van der Waals surface area contributed by atoms with Crippen LogP contribution < -0.4 is 11.1 Å². The van der Waals surface area contributed by atoms with Gasteiger partial charge in [0.25, 0.3) is 0 Å².